The number of aryl methyl sites for hydroxylation is 2. The van der Waals surface area contributed by atoms with Crippen molar-refractivity contribution in [3.8, 4) is 5.75 Å². The lowest BCUT2D eigenvalue weighted by atomic mass is 10.0. The van der Waals surface area contributed by atoms with E-state index in [2.05, 4.69) is 12.1 Å². The van der Waals surface area contributed by atoms with Crippen LogP contribution in [-0.4, -0.2) is 48.5 Å². The summed E-state index contributed by atoms with van der Waals surface area (Å²) in [5.41, 5.74) is 3.36. The fourth-order valence-electron chi connectivity index (χ4n) is 2.21. The maximum Gasteiger partial charge on any atom is 0.124 e. The third-order valence-electron chi connectivity index (χ3n) is 3.20. The average Bonchev–Trinajstić information content (AvgIpc) is 2.30. The fraction of sp³-hybridized carbons (Fsp3) is 0.571. The summed E-state index contributed by atoms with van der Waals surface area (Å²) < 4.78 is 5.33. The minimum atomic E-state index is -0.215. The lowest BCUT2D eigenvalue weighted by Gasteiger charge is -2.25. The summed E-state index contributed by atoms with van der Waals surface area (Å²) in [4.78, 5) is 1.95. The van der Waals surface area contributed by atoms with Crippen LogP contribution in [0.5, 0.6) is 5.75 Å². The smallest absolute Gasteiger partial charge is 0.124 e. The summed E-state index contributed by atoms with van der Waals surface area (Å²) in [6, 6.07) is 3.94. The molecule has 0 fully saturated rings. The Morgan fingerprint density at radius 2 is 1.67 bits per heavy atom. The third-order valence-corrected chi connectivity index (χ3v) is 3.20. The molecule has 0 aliphatic heterocycles. The third kappa shape index (κ3) is 3.45. The van der Waals surface area contributed by atoms with Crippen molar-refractivity contribution < 1.29 is 14.9 Å². The zero-order valence-corrected chi connectivity index (χ0v) is 11.6. The van der Waals surface area contributed by atoms with Crippen LogP contribution in [0, 0.1) is 13.8 Å². The van der Waals surface area contributed by atoms with Gasteiger partial charge in [-0.25, -0.2) is 0 Å². The number of aliphatic hydroxyl groups excluding tert-OH is 2. The van der Waals surface area contributed by atoms with Crippen LogP contribution in [0.3, 0.4) is 0 Å². The van der Waals surface area contributed by atoms with E-state index in [1.807, 2.05) is 25.8 Å². The van der Waals surface area contributed by atoms with E-state index in [1.54, 1.807) is 7.11 Å². The molecule has 0 aliphatic rings. The van der Waals surface area contributed by atoms with Gasteiger partial charge in [0.1, 0.15) is 5.75 Å². The molecule has 0 aliphatic carbocycles. The molecular formula is C14H23NO3. The Bertz CT molecular complexity index is 366. The van der Waals surface area contributed by atoms with E-state index in [4.69, 9.17) is 14.9 Å². The molecular weight excluding hydrogens is 230 g/mol. The predicted octanol–water partition coefficient (Wildman–Crippen LogP) is 1.10. The second-order valence-electron chi connectivity index (χ2n) is 4.70. The summed E-state index contributed by atoms with van der Waals surface area (Å²) in [5.74, 6) is 0.919. The Kier molecular flexibility index (Phi) is 5.59. The normalized spacial score (nSPS) is 11.3. The first-order valence-corrected chi connectivity index (χ1v) is 6.09. The first-order chi connectivity index (χ1) is 8.53. The number of methoxy groups -OCH3 is 1. The van der Waals surface area contributed by atoms with Crippen molar-refractivity contribution in [2.45, 2.75) is 26.4 Å². The Morgan fingerprint density at radius 3 is 2.06 bits per heavy atom. The number of hydrogen-bond acceptors (Lipinski definition) is 4. The molecule has 0 saturated heterocycles. The Morgan fingerprint density at radius 1 is 1.17 bits per heavy atom. The molecule has 4 nitrogen and oxygen atoms in total. The molecule has 0 unspecified atom stereocenters. The summed E-state index contributed by atoms with van der Waals surface area (Å²) in [6.07, 6.45) is 0. The molecule has 102 valence electrons. The zero-order valence-electron chi connectivity index (χ0n) is 11.6. The van der Waals surface area contributed by atoms with E-state index >= 15 is 0 Å². The van der Waals surface area contributed by atoms with Crippen LogP contribution in [0.4, 0.5) is 0 Å². The highest BCUT2D eigenvalue weighted by Crippen LogP contribution is 2.24. The highest BCUT2D eigenvalue weighted by Gasteiger charge is 2.14. The van der Waals surface area contributed by atoms with Gasteiger partial charge in [-0.05, 0) is 37.6 Å². The average molecular weight is 253 g/mol. The number of likely N-dealkylation sites (N-methyl/N-ethyl adjacent to an activating group) is 1. The number of ether oxygens (including phenoxy) is 1. The van der Waals surface area contributed by atoms with Gasteiger partial charge in [-0.1, -0.05) is 12.1 Å². The van der Waals surface area contributed by atoms with Crippen LogP contribution in [-0.2, 0) is 6.54 Å². The highest BCUT2D eigenvalue weighted by atomic mass is 16.5. The maximum atomic E-state index is 9.14. The molecule has 1 aromatic carbocycles. The second-order valence-corrected chi connectivity index (χ2v) is 4.70. The summed E-state index contributed by atoms with van der Waals surface area (Å²) in [7, 11) is 3.57. The Hall–Kier alpha value is -1.10. The topological polar surface area (TPSA) is 52.9 Å². The van der Waals surface area contributed by atoms with Crippen LogP contribution in [0.15, 0.2) is 12.1 Å². The van der Waals surface area contributed by atoms with Gasteiger partial charge in [-0.3, -0.25) is 4.90 Å². The van der Waals surface area contributed by atoms with E-state index < -0.39 is 0 Å². The molecule has 0 saturated carbocycles. The van der Waals surface area contributed by atoms with Crippen LogP contribution < -0.4 is 4.74 Å². The molecule has 1 rings (SSSR count). The predicted molar refractivity (Wildman–Crippen MR) is 71.9 cm³/mol. The van der Waals surface area contributed by atoms with E-state index in [0.717, 1.165) is 22.4 Å². The minimum absolute atomic E-state index is 0.0406. The van der Waals surface area contributed by atoms with Crippen molar-refractivity contribution >= 4 is 0 Å². The lowest BCUT2D eigenvalue weighted by molar-refractivity contribution is 0.0873. The zero-order chi connectivity index (χ0) is 13.7. The van der Waals surface area contributed by atoms with Crippen molar-refractivity contribution in [1.82, 2.24) is 4.90 Å². The summed E-state index contributed by atoms with van der Waals surface area (Å²) in [6.45, 7) is 4.65. The van der Waals surface area contributed by atoms with Crippen molar-refractivity contribution in [1.29, 1.82) is 0 Å². The van der Waals surface area contributed by atoms with Gasteiger partial charge in [0.25, 0.3) is 0 Å². The van der Waals surface area contributed by atoms with Crippen LogP contribution in [0.2, 0.25) is 0 Å². The molecule has 0 spiro atoms. The van der Waals surface area contributed by atoms with Crippen LogP contribution in [0.1, 0.15) is 16.7 Å². The summed E-state index contributed by atoms with van der Waals surface area (Å²) in [5, 5.41) is 18.3. The first-order valence-electron chi connectivity index (χ1n) is 6.09. The number of benzene rings is 1. The Labute approximate surface area is 109 Å². The van der Waals surface area contributed by atoms with Gasteiger partial charge in [0.15, 0.2) is 0 Å². The van der Waals surface area contributed by atoms with Gasteiger partial charge < -0.3 is 14.9 Å². The molecule has 0 atom stereocenters. The monoisotopic (exact) mass is 253 g/mol. The van der Waals surface area contributed by atoms with Gasteiger partial charge in [0, 0.05) is 6.54 Å². The van der Waals surface area contributed by atoms with E-state index in [1.165, 1.54) is 0 Å². The van der Waals surface area contributed by atoms with Gasteiger partial charge in [-0.2, -0.15) is 0 Å². The van der Waals surface area contributed by atoms with Gasteiger partial charge in [-0.15, -0.1) is 0 Å². The molecule has 18 heavy (non-hydrogen) atoms. The van der Waals surface area contributed by atoms with Gasteiger partial charge in [0.05, 0.1) is 26.4 Å². The van der Waals surface area contributed by atoms with E-state index in [-0.39, 0.29) is 19.3 Å². The molecule has 0 aromatic heterocycles. The van der Waals surface area contributed by atoms with E-state index in [9.17, 15) is 0 Å². The standard InChI is InChI=1S/C14H23NO3/c1-10-5-12(6-11(2)14(10)18-4)7-15(3)13(8-16)9-17/h5-6,13,16-17H,7-9H2,1-4H3. The molecule has 1 aromatic rings. The van der Waals surface area contributed by atoms with Crippen molar-refractivity contribution in [2.75, 3.05) is 27.4 Å². The quantitative estimate of drug-likeness (QED) is 0.797. The van der Waals surface area contributed by atoms with Crippen LogP contribution >= 0.6 is 0 Å². The van der Waals surface area contributed by atoms with Crippen molar-refractivity contribution in [3.63, 3.8) is 0 Å². The Balaban J connectivity index is 2.85. The first kappa shape index (κ1) is 15.0. The minimum Gasteiger partial charge on any atom is -0.496 e. The van der Waals surface area contributed by atoms with Crippen molar-refractivity contribution in [2.24, 2.45) is 0 Å². The number of aliphatic hydroxyl groups is 2. The molecule has 0 amide bonds. The molecule has 4 heteroatoms. The van der Waals surface area contributed by atoms with E-state index in [0.29, 0.717) is 6.54 Å². The SMILES string of the molecule is COc1c(C)cc(CN(C)C(CO)CO)cc1C. The number of hydrogen-bond donors (Lipinski definition) is 2. The molecule has 0 heterocycles. The molecule has 2 N–H and O–H groups in total. The summed E-state index contributed by atoms with van der Waals surface area (Å²) >= 11 is 0. The van der Waals surface area contributed by atoms with Gasteiger partial charge >= 0.3 is 0 Å². The largest absolute Gasteiger partial charge is 0.496 e. The fourth-order valence-corrected chi connectivity index (χ4v) is 2.21. The van der Waals surface area contributed by atoms with Gasteiger partial charge in [0.2, 0.25) is 0 Å². The van der Waals surface area contributed by atoms with Crippen LogP contribution in [0.25, 0.3) is 0 Å². The second kappa shape index (κ2) is 6.73. The number of nitrogens with zero attached hydrogens (tertiary/aromatic N) is 1. The maximum absolute atomic E-state index is 9.14. The molecule has 0 bridgehead atoms. The lowest BCUT2D eigenvalue weighted by Crippen LogP contribution is -2.37. The number of rotatable bonds is 6. The highest BCUT2D eigenvalue weighted by molar-refractivity contribution is 5.43. The molecule has 0 radical (unpaired) electrons. The van der Waals surface area contributed by atoms with Crippen molar-refractivity contribution in [3.05, 3.63) is 28.8 Å².